The fourth-order valence-corrected chi connectivity index (χ4v) is 4.62. The van der Waals surface area contributed by atoms with Gasteiger partial charge in [-0.3, -0.25) is 18.8 Å². The smallest absolute Gasteiger partial charge is 0.263 e. The van der Waals surface area contributed by atoms with E-state index in [-0.39, 0.29) is 18.0 Å². The van der Waals surface area contributed by atoms with E-state index in [0.29, 0.717) is 15.9 Å². The van der Waals surface area contributed by atoms with E-state index in [4.69, 9.17) is 0 Å². The molecular weight excluding hydrogens is 408 g/mol. The second kappa shape index (κ2) is 8.27. The van der Waals surface area contributed by atoms with Crippen molar-refractivity contribution in [2.45, 2.75) is 13.1 Å². The first-order valence-electron chi connectivity index (χ1n) is 8.99. The Labute approximate surface area is 175 Å². The number of rotatable bonds is 7. The molecule has 0 fully saturated rings. The van der Waals surface area contributed by atoms with Crippen molar-refractivity contribution >= 4 is 44.5 Å². The van der Waals surface area contributed by atoms with Crippen LogP contribution in [0.2, 0.25) is 0 Å². The number of nitrogens with zero attached hydrogens (tertiary/aromatic N) is 5. The Bertz CT molecular complexity index is 1190. The summed E-state index contributed by atoms with van der Waals surface area (Å²) in [6.07, 6.45) is 4.81. The number of fused-ring (bicyclic) bond motifs is 1. The average Bonchev–Trinajstić information content (AvgIpc) is 3.42. The zero-order valence-corrected chi connectivity index (χ0v) is 17.7. The minimum Gasteiger partial charge on any atom is -0.322 e. The molecule has 0 aliphatic rings. The largest absolute Gasteiger partial charge is 0.322 e. The van der Waals surface area contributed by atoms with Gasteiger partial charge in [-0.2, -0.15) is 5.10 Å². The molecule has 10 heteroatoms. The van der Waals surface area contributed by atoms with Crippen molar-refractivity contribution in [1.82, 2.24) is 24.2 Å². The van der Waals surface area contributed by atoms with Gasteiger partial charge in [0.05, 0.1) is 30.1 Å². The van der Waals surface area contributed by atoms with Crippen LogP contribution in [-0.2, 0) is 17.9 Å². The second-order valence-corrected chi connectivity index (χ2v) is 8.63. The van der Waals surface area contributed by atoms with E-state index < -0.39 is 0 Å². The van der Waals surface area contributed by atoms with Crippen LogP contribution in [0.4, 0.5) is 5.69 Å². The molecule has 4 aromatic rings. The number of hydrogen-bond donors (Lipinski definition) is 1. The SMILES string of the molecule is CN(C)CCn1cc(NC(=O)Cn2cnc3scc(-c4cccs4)c3c2=O)cn1. The number of nitrogens with one attached hydrogen (secondary N) is 1. The van der Waals surface area contributed by atoms with Gasteiger partial charge < -0.3 is 10.2 Å². The van der Waals surface area contributed by atoms with Gasteiger partial charge in [-0.1, -0.05) is 6.07 Å². The molecule has 0 unspecified atom stereocenters. The van der Waals surface area contributed by atoms with Crippen molar-refractivity contribution < 1.29 is 4.79 Å². The highest BCUT2D eigenvalue weighted by atomic mass is 32.1. The molecule has 8 nitrogen and oxygen atoms in total. The number of carbonyl (C=O) groups is 1. The van der Waals surface area contributed by atoms with Crippen LogP contribution in [0.3, 0.4) is 0 Å². The molecule has 0 aliphatic carbocycles. The number of hydrogen-bond acceptors (Lipinski definition) is 7. The Hall–Kier alpha value is -2.82. The molecule has 1 N–H and O–H groups in total. The number of likely N-dealkylation sites (N-methyl/N-ethyl adjacent to an activating group) is 1. The van der Waals surface area contributed by atoms with Crippen molar-refractivity contribution in [3.63, 3.8) is 0 Å². The van der Waals surface area contributed by atoms with E-state index in [1.807, 2.05) is 37.0 Å². The van der Waals surface area contributed by atoms with E-state index >= 15 is 0 Å². The summed E-state index contributed by atoms with van der Waals surface area (Å²) in [4.78, 5) is 33.6. The highest BCUT2D eigenvalue weighted by Crippen LogP contribution is 2.33. The first-order valence-corrected chi connectivity index (χ1v) is 10.7. The second-order valence-electron chi connectivity index (χ2n) is 6.83. The topological polar surface area (TPSA) is 85.0 Å². The highest BCUT2D eigenvalue weighted by molar-refractivity contribution is 7.18. The maximum Gasteiger partial charge on any atom is 0.263 e. The molecule has 4 aromatic heterocycles. The lowest BCUT2D eigenvalue weighted by atomic mass is 10.2. The molecule has 0 radical (unpaired) electrons. The van der Waals surface area contributed by atoms with Crippen LogP contribution in [0.1, 0.15) is 0 Å². The van der Waals surface area contributed by atoms with Gasteiger partial charge in [0.25, 0.3) is 5.56 Å². The van der Waals surface area contributed by atoms with E-state index in [1.54, 1.807) is 28.4 Å². The Morgan fingerprint density at radius 2 is 2.17 bits per heavy atom. The van der Waals surface area contributed by atoms with Crippen LogP contribution in [0.5, 0.6) is 0 Å². The Kier molecular flexibility index (Phi) is 5.56. The van der Waals surface area contributed by atoms with Crippen LogP contribution in [0.25, 0.3) is 20.7 Å². The zero-order chi connectivity index (χ0) is 20.4. The van der Waals surface area contributed by atoms with Gasteiger partial charge in [0.15, 0.2) is 0 Å². The van der Waals surface area contributed by atoms with Gasteiger partial charge in [-0.05, 0) is 25.5 Å². The van der Waals surface area contributed by atoms with Crippen molar-refractivity contribution in [2.75, 3.05) is 26.0 Å². The van der Waals surface area contributed by atoms with Crippen molar-refractivity contribution in [2.24, 2.45) is 0 Å². The zero-order valence-electron chi connectivity index (χ0n) is 16.0. The Morgan fingerprint density at radius 1 is 1.31 bits per heavy atom. The van der Waals surface area contributed by atoms with Gasteiger partial charge in [-0.15, -0.1) is 22.7 Å². The first-order chi connectivity index (χ1) is 14.0. The van der Waals surface area contributed by atoms with Gasteiger partial charge in [0.2, 0.25) is 5.91 Å². The minimum absolute atomic E-state index is 0.107. The van der Waals surface area contributed by atoms with Gasteiger partial charge >= 0.3 is 0 Å². The van der Waals surface area contributed by atoms with E-state index in [9.17, 15) is 9.59 Å². The Balaban J connectivity index is 1.51. The standard InChI is InChI=1S/C19H20N6O2S2/c1-23(2)5-6-25-9-13(8-21-25)22-16(26)10-24-12-20-18-17(19(24)27)14(11-29-18)15-4-3-7-28-15/h3-4,7-9,11-12H,5-6,10H2,1-2H3,(H,22,26). The normalized spacial score (nSPS) is 11.4. The monoisotopic (exact) mass is 428 g/mol. The summed E-state index contributed by atoms with van der Waals surface area (Å²) in [6.45, 7) is 1.47. The molecule has 29 heavy (non-hydrogen) atoms. The molecular formula is C19H20N6O2S2. The molecule has 0 aromatic carbocycles. The van der Waals surface area contributed by atoms with Crippen LogP contribution in [0, 0.1) is 0 Å². The molecule has 1 amide bonds. The van der Waals surface area contributed by atoms with Crippen LogP contribution < -0.4 is 10.9 Å². The van der Waals surface area contributed by atoms with Crippen molar-refractivity contribution in [3.05, 3.63) is 52.0 Å². The van der Waals surface area contributed by atoms with Crippen LogP contribution in [0.15, 0.2) is 46.4 Å². The fourth-order valence-electron chi connectivity index (χ4n) is 2.90. The van der Waals surface area contributed by atoms with E-state index in [1.165, 1.54) is 22.2 Å². The van der Waals surface area contributed by atoms with Gasteiger partial charge in [0, 0.05) is 28.6 Å². The fraction of sp³-hybridized carbons (Fsp3) is 0.263. The highest BCUT2D eigenvalue weighted by Gasteiger charge is 2.15. The third kappa shape index (κ3) is 4.29. The molecule has 4 rings (SSSR count). The minimum atomic E-state index is -0.298. The summed E-state index contributed by atoms with van der Waals surface area (Å²) in [5, 5.41) is 11.5. The van der Waals surface area contributed by atoms with Gasteiger partial charge in [-0.25, -0.2) is 4.98 Å². The molecule has 4 heterocycles. The number of amides is 1. The number of carbonyl (C=O) groups excluding carboxylic acids is 1. The summed E-state index contributed by atoms with van der Waals surface area (Å²) in [7, 11) is 3.98. The maximum absolute atomic E-state index is 13.0. The lowest BCUT2D eigenvalue weighted by molar-refractivity contribution is -0.116. The number of thiophene rings is 2. The third-order valence-corrected chi connectivity index (χ3v) is 6.14. The molecule has 0 atom stereocenters. The predicted molar refractivity (Wildman–Crippen MR) is 117 cm³/mol. The summed E-state index contributed by atoms with van der Waals surface area (Å²) in [6, 6.07) is 3.92. The first kappa shape index (κ1) is 19.5. The molecule has 0 spiro atoms. The summed E-state index contributed by atoms with van der Waals surface area (Å²) < 4.78 is 3.12. The van der Waals surface area contributed by atoms with Gasteiger partial charge in [0.1, 0.15) is 11.4 Å². The lowest BCUT2D eigenvalue weighted by Gasteiger charge is -2.08. The number of aromatic nitrogens is 4. The number of anilines is 1. The quantitative estimate of drug-likeness (QED) is 0.489. The third-order valence-electron chi connectivity index (χ3n) is 4.35. The molecule has 0 aliphatic heterocycles. The summed E-state index contributed by atoms with van der Waals surface area (Å²) >= 11 is 3.01. The molecule has 150 valence electrons. The lowest BCUT2D eigenvalue weighted by Crippen LogP contribution is -2.27. The van der Waals surface area contributed by atoms with E-state index in [0.717, 1.165) is 23.5 Å². The van der Waals surface area contributed by atoms with Crippen LogP contribution >= 0.6 is 22.7 Å². The van der Waals surface area contributed by atoms with E-state index in [2.05, 4.69) is 20.3 Å². The Morgan fingerprint density at radius 3 is 2.93 bits per heavy atom. The average molecular weight is 429 g/mol. The molecule has 0 saturated heterocycles. The van der Waals surface area contributed by atoms with Crippen molar-refractivity contribution in [1.29, 1.82) is 0 Å². The van der Waals surface area contributed by atoms with Crippen molar-refractivity contribution in [3.8, 4) is 10.4 Å². The summed E-state index contributed by atoms with van der Waals surface area (Å²) in [5.74, 6) is -0.298. The maximum atomic E-state index is 13.0. The molecule has 0 saturated carbocycles. The predicted octanol–water partition coefficient (Wildman–Crippen LogP) is 2.58. The molecule has 0 bridgehead atoms. The van der Waals surface area contributed by atoms with Crippen LogP contribution in [-0.4, -0.2) is 50.8 Å². The summed E-state index contributed by atoms with van der Waals surface area (Å²) in [5.41, 5.74) is 1.26.